The third-order valence-electron chi connectivity index (χ3n) is 9.06. The first-order valence-electron chi connectivity index (χ1n) is 21.4. The standard InChI is InChI=1S/C26H48N2O5.C18H36/c1-4-5-6-7-8-9-10-11-12-13-14-15-16-17-18-19-26(31)33-23-28(22-32-24-29)25(30)20-21-27(2)3;1-3-5-7-9-11-13-15-17-18-16-14-12-10-8-6-4-2/h11-12,24H,4-10,13-23H2,1-3H3;17-18H,3-16H2,1-2H3/b12-11-;18-17-. The van der Waals surface area contributed by atoms with Gasteiger partial charge in [0.25, 0.3) is 6.47 Å². The average molecular weight is 721 g/mol. The maximum absolute atomic E-state index is 12.2. The Bertz CT molecular complexity index is 780. The summed E-state index contributed by atoms with van der Waals surface area (Å²) in [5, 5.41) is 0. The highest BCUT2D eigenvalue weighted by molar-refractivity contribution is 5.76. The van der Waals surface area contributed by atoms with E-state index in [1.807, 2.05) is 19.0 Å². The zero-order valence-electron chi connectivity index (χ0n) is 34.4. The second-order valence-electron chi connectivity index (χ2n) is 14.4. The fourth-order valence-corrected chi connectivity index (χ4v) is 5.66. The number of rotatable bonds is 37. The maximum Gasteiger partial charge on any atom is 0.307 e. The Morgan fingerprint density at radius 2 is 0.863 bits per heavy atom. The molecular formula is C44H84N2O5. The van der Waals surface area contributed by atoms with Gasteiger partial charge in [0, 0.05) is 19.4 Å². The van der Waals surface area contributed by atoms with E-state index < -0.39 is 0 Å². The van der Waals surface area contributed by atoms with E-state index in [0.29, 0.717) is 13.0 Å². The molecule has 1 amide bonds. The number of carbonyl (C=O) groups excluding carboxylic acids is 3. The van der Waals surface area contributed by atoms with E-state index in [0.717, 1.165) is 25.7 Å². The first-order chi connectivity index (χ1) is 24.9. The Hall–Kier alpha value is -2.15. The van der Waals surface area contributed by atoms with Gasteiger partial charge in [-0.05, 0) is 71.9 Å². The van der Waals surface area contributed by atoms with Gasteiger partial charge in [-0.2, -0.15) is 0 Å². The van der Waals surface area contributed by atoms with Crippen LogP contribution in [0.2, 0.25) is 0 Å². The van der Waals surface area contributed by atoms with Crippen LogP contribution in [0, 0.1) is 0 Å². The first kappa shape index (κ1) is 51.0. The third kappa shape index (κ3) is 43.9. The highest BCUT2D eigenvalue weighted by atomic mass is 16.6. The fraction of sp³-hybridized carbons (Fsp3) is 0.841. The molecule has 51 heavy (non-hydrogen) atoms. The molecule has 0 aromatic carbocycles. The number of esters is 1. The van der Waals surface area contributed by atoms with Crippen molar-refractivity contribution in [2.24, 2.45) is 0 Å². The molecule has 0 heterocycles. The SMILES string of the molecule is CCCCCCCC/C=C\CCCCCCCC.CCCCCCCC/C=C\CCCCCCCC(=O)OCN(COC=O)C(=O)CCN(C)C. The molecule has 0 atom stereocenters. The van der Waals surface area contributed by atoms with Crippen LogP contribution < -0.4 is 0 Å². The van der Waals surface area contributed by atoms with Crippen molar-refractivity contribution in [3.8, 4) is 0 Å². The van der Waals surface area contributed by atoms with Crippen LogP contribution in [0.4, 0.5) is 0 Å². The molecule has 0 spiro atoms. The lowest BCUT2D eigenvalue weighted by atomic mass is 10.1. The normalized spacial score (nSPS) is 11.3. The molecule has 0 aliphatic rings. The highest BCUT2D eigenvalue weighted by Crippen LogP contribution is 2.12. The molecule has 0 aliphatic heterocycles. The zero-order chi connectivity index (χ0) is 37.9. The van der Waals surface area contributed by atoms with Gasteiger partial charge in [0.1, 0.15) is 0 Å². The van der Waals surface area contributed by atoms with Gasteiger partial charge in [-0.1, -0.05) is 161 Å². The van der Waals surface area contributed by atoms with E-state index in [1.54, 1.807) is 0 Å². The smallest absolute Gasteiger partial charge is 0.307 e. The van der Waals surface area contributed by atoms with Gasteiger partial charge in [0.05, 0.1) is 0 Å². The highest BCUT2D eigenvalue weighted by Gasteiger charge is 2.16. The molecule has 7 nitrogen and oxygen atoms in total. The molecule has 0 fully saturated rings. The molecule has 7 heteroatoms. The Kier molecular flexibility index (Phi) is 44.0. The van der Waals surface area contributed by atoms with E-state index in [4.69, 9.17) is 4.74 Å². The van der Waals surface area contributed by atoms with Gasteiger partial charge in [-0.15, -0.1) is 0 Å². The summed E-state index contributed by atoms with van der Waals surface area (Å²) in [5.74, 6) is -0.552. The summed E-state index contributed by atoms with van der Waals surface area (Å²) in [4.78, 5) is 37.7. The average Bonchev–Trinajstić information content (AvgIpc) is 3.12. The maximum atomic E-state index is 12.2. The fourth-order valence-electron chi connectivity index (χ4n) is 5.66. The molecule has 0 aromatic rings. The van der Waals surface area contributed by atoms with Crippen molar-refractivity contribution in [2.45, 2.75) is 207 Å². The predicted molar refractivity (Wildman–Crippen MR) is 218 cm³/mol. The Balaban J connectivity index is 0. The molecule has 0 saturated heterocycles. The molecule has 0 aromatic heterocycles. The number of hydrogen-bond donors (Lipinski definition) is 0. The lowest BCUT2D eigenvalue weighted by molar-refractivity contribution is -0.159. The van der Waals surface area contributed by atoms with E-state index in [9.17, 15) is 14.4 Å². The topological polar surface area (TPSA) is 76.1 Å². The number of carbonyl (C=O) groups is 3. The predicted octanol–water partition coefficient (Wildman–Crippen LogP) is 12.5. The lowest BCUT2D eigenvalue weighted by Crippen LogP contribution is -2.37. The summed E-state index contributed by atoms with van der Waals surface area (Å²) in [6.45, 7) is 7.26. The van der Waals surface area contributed by atoms with Crippen LogP contribution in [0.1, 0.15) is 207 Å². The van der Waals surface area contributed by atoms with Gasteiger partial charge in [-0.3, -0.25) is 19.3 Å². The van der Waals surface area contributed by atoms with Crippen molar-refractivity contribution >= 4 is 18.3 Å². The number of amides is 1. The second kappa shape index (κ2) is 44.0. The van der Waals surface area contributed by atoms with Gasteiger partial charge in [-0.25, -0.2) is 0 Å². The molecule has 0 aliphatic carbocycles. The first-order valence-corrected chi connectivity index (χ1v) is 21.4. The number of nitrogens with zero attached hydrogens (tertiary/aromatic N) is 2. The quantitative estimate of drug-likeness (QED) is 0.0209. The van der Waals surface area contributed by atoms with E-state index in [-0.39, 0.29) is 38.2 Å². The van der Waals surface area contributed by atoms with Crippen LogP contribution in [0.3, 0.4) is 0 Å². The van der Waals surface area contributed by atoms with Crippen molar-refractivity contribution in [3.63, 3.8) is 0 Å². The van der Waals surface area contributed by atoms with Crippen LogP contribution in [0.5, 0.6) is 0 Å². The van der Waals surface area contributed by atoms with Gasteiger partial charge in [0.2, 0.25) is 5.91 Å². The van der Waals surface area contributed by atoms with Crippen LogP contribution in [-0.4, -0.2) is 62.3 Å². The third-order valence-corrected chi connectivity index (χ3v) is 9.06. The van der Waals surface area contributed by atoms with Crippen LogP contribution in [0.15, 0.2) is 24.3 Å². The number of allylic oxidation sites excluding steroid dienone is 4. The number of unbranched alkanes of at least 4 members (excludes halogenated alkanes) is 23. The molecule has 300 valence electrons. The number of ether oxygens (including phenoxy) is 2. The van der Waals surface area contributed by atoms with Crippen LogP contribution in [0.25, 0.3) is 0 Å². The molecule has 0 radical (unpaired) electrons. The van der Waals surface area contributed by atoms with Crippen molar-refractivity contribution in [1.82, 2.24) is 9.80 Å². The summed E-state index contributed by atoms with van der Waals surface area (Å²) in [6.07, 6.45) is 45.4. The minimum Gasteiger partial charge on any atom is -0.446 e. The summed E-state index contributed by atoms with van der Waals surface area (Å²) in [6, 6.07) is 0. The summed E-state index contributed by atoms with van der Waals surface area (Å²) < 4.78 is 9.86. The Morgan fingerprint density at radius 3 is 1.24 bits per heavy atom. The molecule has 0 bridgehead atoms. The monoisotopic (exact) mass is 721 g/mol. The molecular weight excluding hydrogens is 636 g/mol. The van der Waals surface area contributed by atoms with Gasteiger partial charge >= 0.3 is 5.97 Å². The molecule has 0 N–H and O–H groups in total. The lowest BCUT2D eigenvalue weighted by Gasteiger charge is -2.21. The zero-order valence-corrected chi connectivity index (χ0v) is 34.4. The van der Waals surface area contributed by atoms with Crippen molar-refractivity contribution in [1.29, 1.82) is 0 Å². The molecule has 0 unspecified atom stereocenters. The number of hydrogen-bond acceptors (Lipinski definition) is 6. The van der Waals surface area contributed by atoms with E-state index in [1.165, 1.54) is 153 Å². The van der Waals surface area contributed by atoms with Gasteiger partial charge in [0.15, 0.2) is 13.5 Å². The van der Waals surface area contributed by atoms with Crippen LogP contribution >= 0.6 is 0 Å². The van der Waals surface area contributed by atoms with E-state index >= 15 is 0 Å². The summed E-state index contributed by atoms with van der Waals surface area (Å²) in [7, 11) is 3.74. The summed E-state index contributed by atoms with van der Waals surface area (Å²) >= 11 is 0. The largest absolute Gasteiger partial charge is 0.446 e. The van der Waals surface area contributed by atoms with Crippen LogP contribution in [-0.2, 0) is 23.9 Å². The Morgan fingerprint density at radius 1 is 0.490 bits per heavy atom. The minimum atomic E-state index is -0.329. The van der Waals surface area contributed by atoms with E-state index in [2.05, 4.69) is 49.8 Å². The molecule has 0 rings (SSSR count). The minimum absolute atomic E-state index is 0.190. The Labute approximate surface area is 316 Å². The second-order valence-corrected chi connectivity index (χ2v) is 14.4. The summed E-state index contributed by atoms with van der Waals surface area (Å²) in [5.41, 5.74) is 0. The van der Waals surface area contributed by atoms with Crippen molar-refractivity contribution in [2.75, 3.05) is 34.1 Å². The van der Waals surface area contributed by atoms with Crippen molar-refractivity contribution < 1.29 is 23.9 Å². The molecule has 0 saturated carbocycles. The van der Waals surface area contributed by atoms with Gasteiger partial charge < -0.3 is 14.4 Å². The van der Waals surface area contributed by atoms with Crippen molar-refractivity contribution in [3.05, 3.63) is 24.3 Å².